The Morgan fingerprint density at radius 3 is 2.10 bits per heavy atom. The molecule has 0 saturated heterocycles. The zero-order valence-corrected chi connectivity index (χ0v) is 22.7. The SMILES string of the molecule is CCCCCCC(O)C/C=C\CCCCCCCC(=O)O.CCCCOS(=O)(=O)[O-].[Na+]. The molecule has 0 radical (unpaired) electrons. The van der Waals surface area contributed by atoms with Crippen LogP contribution < -0.4 is 29.6 Å². The number of aliphatic hydroxyl groups is 1. The zero-order valence-electron chi connectivity index (χ0n) is 19.9. The molecule has 7 nitrogen and oxygen atoms in total. The maximum atomic E-state index is 10.3. The predicted molar refractivity (Wildman–Crippen MR) is 119 cm³/mol. The molecule has 0 aromatic heterocycles. The smallest absolute Gasteiger partial charge is 0.726 e. The van der Waals surface area contributed by atoms with Crippen molar-refractivity contribution in [3.63, 3.8) is 0 Å². The molecule has 0 aromatic rings. The van der Waals surface area contributed by atoms with Crippen LogP contribution in [-0.4, -0.2) is 41.9 Å². The van der Waals surface area contributed by atoms with Gasteiger partial charge in [0.25, 0.3) is 0 Å². The molecule has 0 saturated carbocycles. The van der Waals surface area contributed by atoms with E-state index >= 15 is 0 Å². The quantitative estimate of drug-likeness (QED) is 0.0968. The van der Waals surface area contributed by atoms with Crippen LogP contribution >= 0.6 is 0 Å². The average molecular weight is 475 g/mol. The van der Waals surface area contributed by atoms with E-state index in [2.05, 4.69) is 23.3 Å². The summed E-state index contributed by atoms with van der Waals surface area (Å²) in [5.74, 6) is -0.689. The number of carbonyl (C=O) groups is 1. The van der Waals surface area contributed by atoms with E-state index in [0.717, 1.165) is 57.8 Å². The standard InChI is InChI=1S/C18H34O3.C4H10O4S.Na/c1-2-3-4-11-14-17(19)15-12-9-7-5-6-8-10-13-16-18(20)21;1-2-3-4-8-9(5,6)7;/h9,12,17,19H,2-8,10-11,13-16H2,1H3,(H,20,21);2-4H2,1H3,(H,5,6,7);/q;;+1/p-1/b12-9-;;. The molecule has 0 aliphatic rings. The number of hydrogen-bond acceptors (Lipinski definition) is 6. The summed E-state index contributed by atoms with van der Waals surface area (Å²) in [5.41, 5.74) is 0. The molecule has 0 heterocycles. The van der Waals surface area contributed by atoms with Gasteiger partial charge in [-0.1, -0.05) is 77.4 Å². The molecule has 0 amide bonds. The number of carboxylic acids is 1. The van der Waals surface area contributed by atoms with Crippen molar-refractivity contribution in [2.45, 2.75) is 116 Å². The van der Waals surface area contributed by atoms with Crippen molar-refractivity contribution in [3.8, 4) is 0 Å². The van der Waals surface area contributed by atoms with Crippen molar-refractivity contribution < 1.29 is 61.7 Å². The van der Waals surface area contributed by atoms with Gasteiger partial charge in [0.1, 0.15) is 0 Å². The van der Waals surface area contributed by atoms with Crippen molar-refractivity contribution in [1.82, 2.24) is 0 Å². The average Bonchev–Trinajstić information content (AvgIpc) is 2.66. The number of aliphatic carboxylic acids is 1. The van der Waals surface area contributed by atoms with E-state index in [4.69, 9.17) is 5.11 Å². The van der Waals surface area contributed by atoms with Crippen LogP contribution in [0.1, 0.15) is 110 Å². The van der Waals surface area contributed by atoms with Gasteiger partial charge in [0.05, 0.1) is 12.7 Å². The van der Waals surface area contributed by atoms with Crippen molar-refractivity contribution in [1.29, 1.82) is 0 Å². The van der Waals surface area contributed by atoms with Crippen molar-refractivity contribution in [3.05, 3.63) is 12.2 Å². The second-order valence-corrected chi connectivity index (χ2v) is 8.55. The number of allylic oxidation sites excluding steroid dienone is 1. The molecule has 9 heteroatoms. The van der Waals surface area contributed by atoms with E-state index in [1.54, 1.807) is 0 Å². The number of rotatable bonds is 19. The number of carboxylic acid groups (broad SMARTS) is 1. The van der Waals surface area contributed by atoms with Crippen LogP contribution in [0.25, 0.3) is 0 Å². The van der Waals surface area contributed by atoms with E-state index in [1.807, 2.05) is 6.92 Å². The normalized spacial score (nSPS) is 12.1. The van der Waals surface area contributed by atoms with E-state index in [0.29, 0.717) is 12.8 Å². The van der Waals surface area contributed by atoms with Gasteiger partial charge >= 0.3 is 35.5 Å². The molecule has 0 aliphatic heterocycles. The summed E-state index contributed by atoms with van der Waals surface area (Å²) in [7, 11) is -4.45. The maximum absolute atomic E-state index is 10.3. The molecule has 0 fully saturated rings. The van der Waals surface area contributed by atoms with Gasteiger partial charge in [0, 0.05) is 6.42 Å². The molecule has 31 heavy (non-hydrogen) atoms. The van der Waals surface area contributed by atoms with Crippen LogP contribution in [0.5, 0.6) is 0 Å². The molecule has 0 aromatic carbocycles. The summed E-state index contributed by atoms with van der Waals surface area (Å²) >= 11 is 0. The first-order chi connectivity index (χ1) is 14.2. The third kappa shape index (κ3) is 37.7. The van der Waals surface area contributed by atoms with Crippen LogP contribution in [0.2, 0.25) is 0 Å². The molecular formula is C22H43NaO7S. The molecule has 0 bridgehead atoms. The molecule has 1 atom stereocenters. The summed E-state index contributed by atoms with van der Waals surface area (Å²) in [6.45, 7) is 4.08. The number of unbranched alkanes of at least 4 members (excludes halogenated alkanes) is 9. The number of aliphatic hydroxyl groups excluding tert-OH is 1. The summed E-state index contributed by atoms with van der Waals surface area (Å²) in [6.07, 6.45) is 18.8. The van der Waals surface area contributed by atoms with Gasteiger partial charge in [-0.15, -0.1) is 0 Å². The second-order valence-electron chi connectivity index (χ2n) is 7.49. The molecular weight excluding hydrogens is 431 g/mol. The summed E-state index contributed by atoms with van der Waals surface area (Å²) in [5, 5.41) is 18.3. The Balaban J connectivity index is -0.000000662. The fraction of sp³-hybridized carbons (Fsp3) is 0.864. The Hall–Kier alpha value is 0.0400. The van der Waals surface area contributed by atoms with Gasteiger partial charge in [-0.2, -0.15) is 0 Å². The van der Waals surface area contributed by atoms with Gasteiger partial charge in [-0.3, -0.25) is 8.98 Å². The Morgan fingerprint density at radius 1 is 0.935 bits per heavy atom. The van der Waals surface area contributed by atoms with Crippen LogP contribution in [0.4, 0.5) is 0 Å². The van der Waals surface area contributed by atoms with Crippen molar-refractivity contribution in [2.24, 2.45) is 0 Å². The van der Waals surface area contributed by atoms with Gasteiger partial charge in [0.2, 0.25) is 10.4 Å². The van der Waals surface area contributed by atoms with Crippen LogP contribution in [-0.2, 0) is 19.4 Å². The van der Waals surface area contributed by atoms with Gasteiger partial charge < -0.3 is 14.8 Å². The first-order valence-electron chi connectivity index (χ1n) is 11.4. The summed E-state index contributed by atoms with van der Waals surface area (Å²) in [6, 6.07) is 0. The van der Waals surface area contributed by atoms with Crippen molar-refractivity contribution in [2.75, 3.05) is 6.61 Å². The Labute approximate surface area is 212 Å². The molecule has 180 valence electrons. The topological polar surface area (TPSA) is 124 Å². The maximum Gasteiger partial charge on any atom is 1.00 e. The zero-order chi connectivity index (χ0) is 23.1. The molecule has 1 unspecified atom stereocenters. The van der Waals surface area contributed by atoms with Crippen LogP contribution in [0.15, 0.2) is 12.2 Å². The molecule has 0 rings (SSSR count). The van der Waals surface area contributed by atoms with E-state index in [9.17, 15) is 22.9 Å². The molecule has 0 spiro atoms. The van der Waals surface area contributed by atoms with Crippen molar-refractivity contribution >= 4 is 16.4 Å². The van der Waals surface area contributed by atoms with E-state index < -0.39 is 16.4 Å². The van der Waals surface area contributed by atoms with E-state index in [1.165, 1.54) is 25.7 Å². The van der Waals surface area contributed by atoms with Crippen LogP contribution in [0, 0.1) is 0 Å². The fourth-order valence-electron chi connectivity index (χ4n) is 2.67. The summed E-state index contributed by atoms with van der Waals surface area (Å²) in [4.78, 5) is 10.3. The van der Waals surface area contributed by atoms with Gasteiger partial charge in [-0.25, -0.2) is 8.42 Å². The Kier molecular flexibility index (Phi) is 30.2. The molecule has 2 N–H and O–H groups in total. The first kappa shape index (κ1) is 35.6. The van der Waals surface area contributed by atoms with Crippen LogP contribution in [0.3, 0.4) is 0 Å². The summed E-state index contributed by atoms with van der Waals surface area (Å²) < 4.78 is 33.1. The number of hydrogen-bond donors (Lipinski definition) is 2. The Morgan fingerprint density at radius 2 is 1.52 bits per heavy atom. The second kappa shape index (κ2) is 26.3. The minimum atomic E-state index is -4.45. The first-order valence-corrected chi connectivity index (χ1v) is 12.7. The predicted octanol–water partition coefficient (Wildman–Crippen LogP) is 2.35. The largest absolute Gasteiger partial charge is 1.00 e. The Bertz CT molecular complexity index is 510. The minimum absolute atomic E-state index is 0. The third-order valence-corrected chi connectivity index (χ3v) is 4.91. The fourth-order valence-corrected chi connectivity index (χ4v) is 2.99. The van der Waals surface area contributed by atoms with Gasteiger partial charge in [0.15, 0.2) is 0 Å². The minimum Gasteiger partial charge on any atom is -0.726 e. The monoisotopic (exact) mass is 474 g/mol. The van der Waals surface area contributed by atoms with E-state index in [-0.39, 0.29) is 42.3 Å². The van der Waals surface area contributed by atoms with Gasteiger partial charge in [-0.05, 0) is 38.5 Å². The third-order valence-electron chi connectivity index (χ3n) is 4.45. The molecule has 0 aliphatic carbocycles.